The number of nitrogens with one attached hydrogen (secondary N) is 2. The standard InChI is InChI=1S/C18H16N4O5/c1-11-2-5-13(10-15(11)22(26)27)19-18(25)12-3-6-14(7-4-12)21-17(24)9-8-16(23)20-21/h2-7,10H,8-9H2,1H3,(H,19,25)(H,20,23). The predicted octanol–water partition coefficient (Wildman–Crippen LogP) is 2.31. The number of hydrogen-bond donors (Lipinski definition) is 2. The highest BCUT2D eigenvalue weighted by atomic mass is 16.6. The van der Waals surface area contributed by atoms with Crippen molar-refractivity contribution in [2.24, 2.45) is 0 Å². The van der Waals surface area contributed by atoms with E-state index in [0.29, 0.717) is 22.5 Å². The van der Waals surface area contributed by atoms with Crippen molar-refractivity contribution in [2.75, 3.05) is 10.3 Å². The van der Waals surface area contributed by atoms with Crippen molar-refractivity contribution in [1.82, 2.24) is 5.43 Å². The monoisotopic (exact) mass is 368 g/mol. The third-order valence-corrected chi connectivity index (χ3v) is 4.10. The van der Waals surface area contributed by atoms with E-state index in [9.17, 15) is 24.5 Å². The predicted molar refractivity (Wildman–Crippen MR) is 97.1 cm³/mol. The lowest BCUT2D eigenvalue weighted by molar-refractivity contribution is -0.385. The number of amides is 3. The van der Waals surface area contributed by atoms with Crippen LogP contribution in [0.2, 0.25) is 0 Å². The van der Waals surface area contributed by atoms with Crippen molar-refractivity contribution < 1.29 is 19.3 Å². The molecular formula is C18H16N4O5. The highest BCUT2D eigenvalue weighted by Crippen LogP contribution is 2.23. The van der Waals surface area contributed by atoms with Crippen LogP contribution in [0.25, 0.3) is 0 Å². The van der Waals surface area contributed by atoms with Gasteiger partial charge in [0.25, 0.3) is 11.6 Å². The highest BCUT2D eigenvalue weighted by molar-refractivity contribution is 6.05. The van der Waals surface area contributed by atoms with Crippen molar-refractivity contribution in [1.29, 1.82) is 0 Å². The van der Waals surface area contributed by atoms with Crippen molar-refractivity contribution >= 4 is 34.8 Å². The van der Waals surface area contributed by atoms with Crippen LogP contribution < -0.4 is 15.8 Å². The number of rotatable bonds is 4. The highest BCUT2D eigenvalue weighted by Gasteiger charge is 2.24. The zero-order valence-electron chi connectivity index (χ0n) is 14.4. The van der Waals surface area contributed by atoms with E-state index in [2.05, 4.69) is 10.7 Å². The van der Waals surface area contributed by atoms with Crippen LogP contribution in [-0.2, 0) is 9.59 Å². The largest absolute Gasteiger partial charge is 0.322 e. The summed E-state index contributed by atoms with van der Waals surface area (Å²) in [5.41, 5.74) is 3.94. The first-order valence-corrected chi connectivity index (χ1v) is 8.14. The van der Waals surface area contributed by atoms with Crippen LogP contribution in [0.4, 0.5) is 17.1 Å². The Kier molecular flexibility index (Phi) is 4.84. The summed E-state index contributed by atoms with van der Waals surface area (Å²) in [7, 11) is 0. The maximum atomic E-state index is 12.4. The van der Waals surface area contributed by atoms with Gasteiger partial charge in [-0.15, -0.1) is 0 Å². The summed E-state index contributed by atoms with van der Waals surface area (Å²) in [6.45, 7) is 1.61. The Bertz CT molecular complexity index is 939. The lowest BCUT2D eigenvalue weighted by Gasteiger charge is -2.27. The fraction of sp³-hybridized carbons (Fsp3) is 0.167. The quantitative estimate of drug-likeness (QED) is 0.633. The zero-order chi connectivity index (χ0) is 19.6. The molecule has 1 heterocycles. The molecule has 3 amide bonds. The Morgan fingerprint density at radius 3 is 2.52 bits per heavy atom. The first kappa shape index (κ1) is 18.1. The Morgan fingerprint density at radius 2 is 1.85 bits per heavy atom. The second kappa shape index (κ2) is 7.24. The van der Waals surface area contributed by atoms with Gasteiger partial charge in [-0.2, -0.15) is 0 Å². The summed E-state index contributed by atoms with van der Waals surface area (Å²) in [5, 5.41) is 14.7. The number of carbonyl (C=O) groups excluding carboxylic acids is 3. The molecule has 2 aromatic rings. The minimum atomic E-state index is -0.510. The maximum Gasteiger partial charge on any atom is 0.274 e. The third kappa shape index (κ3) is 3.92. The number of nitrogens with zero attached hydrogens (tertiary/aromatic N) is 2. The Labute approximate surface area is 154 Å². The van der Waals surface area contributed by atoms with E-state index < -0.39 is 10.8 Å². The van der Waals surface area contributed by atoms with Gasteiger partial charge in [-0.25, -0.2) is 5.01 Å². The first-order valence-electron chi connectivity index (χ1n) is 8.14. The van der Waals surface area contributed by atoms with Crippen LogP contribution in [0, 0.1) is 17.0 Å². The number of benzene rings is 2. The van der Waals surface area contributed by atoms with E-state index in [-0.39, 0.29) is 30.3 Å². The van der Waals surface area contributed by atoms with E-state index in [1.54, 1.807) is 19.1 Å². The molecule has 1 saturated heterocycles. The van der Waals surface area contributed by atoms with E-state index in [4.69, 9.17) is 0 Å². The fourth-order valence-corrected chi connectivity index (χ4v) is 2.63. The number of aryl methyl sites for hydroxylation is 1. The summed E-state index contributed by atoms with van der Waals surface area (Å²) in [4.78, 5) is 46.2. The van der Waals surface area contributed by atoms with Gasteiger partial charge < -0.3 is 5.32 Å². The normalized spacial score (nSPS) is 13.9. The van der Waals surface area contributed by atoms with Crippen LogP contribution in [0.15, 0.2) is 42.5 Å². The Balaban J connectivity index is 1.74. The van der Waals surface area contributed by atoms with Crippen LogP contribution in [0.5, 0.6) is 0 Å². The average Bonchev–Trinajstić information content (AvgIpc) is 2.65. The van der Waals surface area contributed by atoms with Gasteiger partial charge in [-0.1, -0.05) is 6.07 Å². The van der Waals surface area contributed by atoms with E-state index >= 15 is 0 Å². The van der Waals surface area contributed by atoms with Gasteiger partial charge in [0.15, 0.2) is 0 Å². The van der Waals surface area contributed by atoms with E-state index in [1.165, 1.54) is 30.3 Å². The van der Waals surface area contributed by atoms with Gasteiger partial charge in [0, 0.05) is 35.7 Å². The fourth-order valence-electron chi connectivity index (χ4n) is 2.63. The molecule has 1 aliphatic heterocycles. The first-order chi connectivity index (χ1) is 12.8. The molecular weight excluding hydrogens is 352 g/mol. The molecule has 9 nitrogen and oxygen atoms in total. The van der Waals surface area contributed by atoms with Crippen LogP contribution in [-0.4, -0.2) is 22.6 Å². The van der Waals surface area contributed by atoms with Crippen LogP contribution >= 0.6 is 0 Å². The summed E-state index contributed by atoms with van der Waals surface area (Å²) in [6.07, 6.45) is 0.277. The molecule has 27 heavy (non-hydrogen) atoms. The molecule has 0 atom stereocenters. The number of hydrogen-bond acceptors (Lipinski definition) is 5. The number of hydrazine groups is 1. The van der Waals surface area contributed by atoms with E-state index in [1.807, 2.05) is 0 Å². The molecule has 0 aromatic heterocycles. The van der Waals surface area contributed by atoms with Crippen molar-refractivity contribution in [2.45, 2.75) is 19.8 Å². The molecule has 0 unspecified atom stereocenters. The molecule has 1 aliphatic rings. The van der Waals surface area contributed by atoms with Gasteiger partial charge in [-0.05, 0) is 37.3 Å². The van der Waals surface area contributed by atoms with Gasteiger partial charge in [0.05, 0.1) is 10.6 Å². The number of anilines is 2. The van der Waals surface area contributed by atoms with Crippen molar-refractivity contribution in [3.8, 4) is 0 Å². The molecule has 0 radical (unpaired) electrons. The average molecular weight is 368 g/mol. The van der Waals surface area contributed by atoms with Gasteiger partial charge in [0.2, 0.25) is 11.8 Å². The summed E-state index contributed by atoms with van der Waals surface area (Å²) in [5.74, 6) is -0.940. The minimum Gasteiger partial charge on any atom is -0.322 e. The Hall–Kier alpha value is -3.75. The van der Waals surface area contributed by atoms with Crippen molar-refractivity contribution in [3.63, 3.8) is 0 Å². The number of carbonyl (C=O) groups is 3. The minimum absolute atomic E-state index is 0.0810. The molecule has 0 aliphatic carbocycles. The lowest BCUT2D eigenvalue weighted by atomic mass is 10.1. The zero-order valence-corrected chi connectivity index (χ0v) is 14.4. The van der Waals surface area contributed by atoms with Gasteiger partial charge >= 0.3 is 0 Å². The topological polar surface area (TPSA) is 122 Å². The second-order valence-electron chi connectivity index (χ2n) is 6.02. The van der Waals surface area contributed by atoms with Crippen molar-refractivity contribution in [3.05, 3.63) is 63.7 Å². The molecule has 2 N–H and O–H groups in total. The number of nitro benzene ring substituents is 1. The Morgan fingerprint density at radius 1 is 1.15 bits per heavy atom. The molecule has 0 spiro atoms. The molecule has 3 rings (SSSR count). The maximum absolute atomic E-state index is 12.4. The smallest absolute Gasteiger partial charge is 0.274 e. The van der Waals surface area contributed by atoms with Gasteiger partial charge in [-0.3, -0.25) is 29.9 Å². The second-order valence-corrected chi connectivity index (χ2v) is 6.02. The van der Waals surface area contributed by atoms with Gasteiger partial charge in [0.1, 0.15) is 0 Å². The molecule has 9 heteroatoms. The summed E-state index contributed by atoms with van der Waals surface area (Å²) in [6, 6.07) is 10.5. The number of nitro groups is 1. The third-order valence-electron chi connectivity index (χ3n) is 4.10. The molecule has 0 bridgehead atoms. The van der Waals surface area contributed by atoms with Crippen LogP contribution in [0.1, 0.15) is 28.8 Å². The molecule has 1 fully saturated rings. The van der Waals surface area contributed by atoms with E-state index in [0.717, 1.165) is 5.01 Å². The molecule has 2 aromatic carbocycles. The molecule has 138 valence electrons. The lowest BCUT2D eigenvalue weighted by Crippen LogP contribution is -2.50. The summed E-state index contributed by atoms with van der Waals surface area (Å²) >= 11 is 0. The van der Waals surface area contributed by atoms with Crippen LogP contribution in [0.3, 0.4) is 0 Å². The molecule has 0 saturated carbocycles. The summed E-state index contributed by atoms with van der Waals surface area (Å²) < 4.78 is 0. The SMILES string of the molecule is Cc1ccc(NC(=O)c2ccc(N3NC(=O)CCC3=O)cc2)cc1[N+](=O)[O-].